The monoisotopic (exact) mass is 490 g/mol. The van der Waals surface area contributed by atoms with E-state index in [0.717, 1.165) is 25.7 Å². The van der Waals surface area contributed by atoms with Gasteiger partial charge in [0.25, 0.3) is 0 Å². The predicted molar refractivity (Wildman–Crippen MR) is 132 cm³/mol. The number of carbonyl (C=O) groups is 3. The van der Waals surface area contributed by atoms with Crippen molar-refractivity contribution in [3.05, 3.63) is 25.3 Å². The van der Waals surface area contributed by atoms with Crippen LogP contribution in [0.15, 0.2) is 25.3 Å². The molecule has 0 aromatic heterocycles. The molecule has 3 aliphatic rings. The first-order chi connectivity index (χ1) is 16.7. The van der Waals surface area contributed by atoms with Crippen LogP contribution in [0.2, 0.25) is 0 Å². The van der Waals surface area contributed by atoms with Gasteiger partial charge in [0.15, 0.2) is 0 Å². The maximum atomic E-state index is 14.0. The smallest absolute Gasteiger partial charge is 0.312 e. The third-order valence-corrected chi connectivity index (χ3v) is 8.13. The van der Waals surface area contributed by atoms with Crippen LogP contribution < -0.4 is 0 Å². The van der Waals surface area contributed by atoms with Gasteiger partial charge in [-0.05, 0) is 44.9 Å². The lowest BCUT2D eigenvalue weighted by molar-refractivity contribution is -0.162. The molecule has 3 saturated heterocycles. The highest BCUT2D eigenvalue weighted by Crippen LogP contribution is 2.65. The summed E-state index contributed by atoms with van der Waals surface area (Å²) in [4.78, 5) is 44.3. The van der Waals surface area contributed by atoms with Gasteiger partial charge in [0.1, 0.15) is 17.6 Å². The number of aliphatic hydroxyl groups is 1. The number of hydrogen-bond donors (Lipinski definition) is 1. The molecular weight excluding hydrogens is 448 g/mol. The maximum absolute atomic E-state index is 14.0. The Bertz CT molecular complexity index is 830. The van der Waals surface area contributed by atoms with Crippen LogP contribution in [0.3, 0.4) is 0 Å². The fourth-order valence-corrected chi connectivity index (χ4v) is 6.35. The number of aliphatic hydroxyl groups excluding tert-OH is 1. The lowest BCUT2D eigenvalue weighted by Gasteiger charge is -2.37. The van der Waals surface area contributed by atoms with Crippen LogP contribution in [0.1, 0.15) is 59.3 Å². The molecule has 3 aliphatic heterocycles. The molecule has 3 heterocycles. The van der Waals surface area contributed by atoms with E-state index in [4.69, 9.17) is 9.47 Å². The molecular formula is C27H42N2O6. The Morgan fingerprint density at radius 1 is 1.29 bits per heavy atom. The Labute approximate surface area is 209 Å². The number of esters is 1. The number of fused-ring (bicyclic) bond motifs is 1. The number of rotatable bonds is 14. The normalized spacial score (nSPS) is 33.0. The van der Waals surface area contributed by atoms with E-state index in [9.17, 15) is 19.5 Å². The van der Waals surface area contributed by atoms with Gasteiger partial charge in [-0.3, -0.25) is 14.4 Å². The maximum Gasteiger partial charge on any atom is 0.312 e. The third-order valence-electron chi connectivity index (χ3n) is 8.13. The lowest BCUT2D eigenvalue weighted by Crippen LogP contribution is -2.57. The second kappa shape index (κ2) is 11.2. The average molecular weight is 491 g/mol. The van der Waals surface area contributed by atoms with Crippen molar-refractivity contribution in [2.45, 2.75) is 76.5 Å². The summed E-state index contributed by atoms with van der Waals surface area (Å²) >= 11 is 0. The van der Waals surface area contributed by atoms with Crippen molar-refractivity contribution in [1.82, 2.24) is 9.80 Å². The summed E-state index contributed by atoms with van der Waals surface area (Å²) in [6, 6.07) is -0.890. The van der Waals surface area contributed by atoms with Gasteiger partial charge < -0.3 is 24.4 Å². The molecule has 1 spiro atoms. The fraction of sp³-hybridized carbons (Fsp3) is 0.741. The van der Waals surface area contributed by atoms with Crippen LogP contribution in [0.25, 0.3) is 0 Å². The standard InChI is InChI=1S/C27H42N2O6/c1-6-9-11-12-17-34-25(33)21-20-23(31)29(15-16-30)22(24(32)28(13-8-3)14-10-7-2)27(20)18-19(4)26(21,5)35-27/h6,8,19-22,30H,1,3,7,9-18H2,2,4-5H3/t19?,20-,21+,22?,26-,27?/m0/s1. The summed E-state index contributed by atoms with van der Waals surface area (Å²) in [5.41, 5.74) is -2.01. The summed E-state index contributed by atoms with van der Waals surface area (Å²) in [5.74, 6) is -2.60. The lowest BCUT2D eigenvalue weighted by atomic mass is 9.62. The van der Waals surface area contributed by atoms with Gasteiger partial charge in [0.2, 0.25) is 11.8 Å². The Morgan fingerprint density at radius 2 is 2.03 bits per heavy atom. The summed E-state index contributed by atoms with van der Waals surface area (Å²) in [7, 11) is 0. The molecule has 0 radical (unpaired) electrons. The summed E-state index contributed by atoms with van der Waals surface area (Å²) in [5, 5.41) is 9.75. The highest BCUT2D eigenvalue weighted by molar-refractivity contribution is 5.98. The van der Waals surface area contributed by atoms with Gasteiger partial charge in [0.05, 0.1) is 24.7 Å². The zero-order valence-corrected chi connectivity index (χ0v) is 21.5. The van der Waals surface area contributed by atoms with Gasteiger partial charge in [-0.2, -0.15) is 0 Å². The molecule has 0 aromatic carbocycles. The molecule has 8 nitrogen and oxygen atoms in total. The van der Waals surface area contributed by atoms with Crippen LogP contribution >= 0.6 is 0 Å². The first-order valence-corrected chi connectivity index (χ1v) is 13.0. The number of hydrogen-bond acceptors (Lipinski definition) is 6. The van der Waals surface area contributed by atoms with E-state index in [2.05, 4.69) is 20.1 Å². The van der Waals surface area contributed by atoms with Crippen LogP contribution in [-0.4, -0.2) is 82.8 Å². The van der Waals surface area contributed by atoms with E-state index in [1.807, 2.05) is 19.9 Å². The molecule has 6 atom stereocenters. The topological polar surface area (TPSA) is 96.4 Å². The SMILES string of the molecule is C=CCCCCOC(=O)[C@H]1[C@H]2C(=O)N(CCO)C(C(=O)N(CC=C)CCCC)C23CC(C)[C@]1(C)O3. The zero-order valence-electron chi connectivity index (χ0n) is 21.5. The molecule has 0 aromatic rings. The van der Waals surface area contributed by atoms with Crippen molar-refractivity contribution < 1.29 is 29.0 Å². The first kappa shape index (κ1) is 27.4. The molecule has 3 rings (SSSR count). The van der Waals surface area contributed by atoms with Crippen LogP contribution in [0.4, 0.5) is 0 Å². The van der Waals surface area contributed by atoms with Gasteiger partial charge >= 0.3 is 5.97 Å². The minimum atomic E-state index is -1.12. The molecule has 3 unspecified atom stereocenters. The number of unbranched alkanes of at least 4 members (excludes halogenated alkanes) is 3. The summed E-state index contributed by atoms with van der Waals surface area (Å²) in [6.45, 7) is 14.4. The largest absolute Gasteiger partial charge is 0.465 e. The Kier molecular flexibility index (Phi) is 8.81. The molecule has 196 valence electrons. The second-order valence-electron chi connectivity index (χ2n) is 10.3. The molecule has 0 saturated carbocycles. The molecule has 3 fully saturated rings. The number of allylic oxidation sites excluding steroid dienone is 1. The minimum absolute atomic E-state index is 0.0149. The van der Waals surface area contributed by atoms with Gasteiger partial charge in [0, 0.05) is 19.6 Å². The van der Waals surface area contributed by atoms with E-state index in [1.54, 1.807) is 11.0 Å². The van der Waals surface area contributed by atoms with Gasteiger partial charge in [-0.1, -0.05) is 32.4 Å². The number of carbonyl (C=O) groups excluding carboxylic acids is 3. The van der Waals surface area contributed by atoms with Crippen molar-refractivity contribution in [2.24, 2.45) is 17.8 Å². The van der Waals surface area contributed by atoms with E-state index < -0.39 is 35.0 Å². The molecule has 35 heavy (non-hydrogen) atoms. The first-order valence-electron chi connectivity index (χ1n) is 13.0. The quantitative estimate of drug-likeness (QED) is 0.229. The number of likely N-dealkylation sites (tertiary alicyclic amines) is 1. The molecule has 8 heteroatoms. The van der Waals surface area contributed by atoms with E-state index in [1.165, 1.54) is 4.90 Å². The second-order valence-corrected chi connectivity index (χ2v) is 10.3. The Hall–Kier alpha value is -2.19. The van der Waals surface area contributed by atoms with Crippen molar-refractivity contribution >= 4 is 17.8 Å². The predicted octanol–water partition coefficient (Wildman–Crippen LogP) is 2.70. The number of ether oxygens (including phenoxy) is 2. The minimum Gasteiger partial charge on any atom is -0.465 e. The highest BCUT2D eigenvalue weighted by Gasteiger charge is 2.80. The molecule has 1 N–H and O–H groups in total. The Balaban J connectivity index is 1.95. The van der Waals surface area contributed by atoms with E-state index >= 15 is 0 Å². The average Bonchev–Trinajstić information content (AvgIpc) is 3.33. The van der Waals surface area contributed by atoms with Crippen LogP contribution in [0, 0.1) is 17.8 Å². The number of nitrogens with zero attached hydrogens (tertiary/aromatic N) is 2. The Morgan fingerprint density at radius 3 is 2.66 bits per heavy atom. The van der Waals surface area contributed by atoms with Crippen molar-refractivity contribution in [1.29, 1.82) is 0 Å². The van der Waals surface area contributed by atoms with Crippen molar-refractivity contribution in [3.63, 3.8) is 0 Å². The van der Waals surface area contributed by atoms with Gasteiger partial charge in [-0.15, -0.1) is 13.2 Å². The van der Waals surface area contributed by atoms with Crippen LogP contribution in [-0.2, 0) is 23.9 Å². The summed E-state index contributed by atoms with van der Waals surface area (Å²) in [6.07, 6.45) is 8.19. The van der Waals surface area contributed by atoms with Crippen molar-refractivity contribution in [3.8, 4) is 0 Å². The molecule has 0 aliphatic carbocycles. The zero-order chi connectivity index (χ0) is 25.8. The molecule has 2 bridgehead atoms. The number of β-amino-alcohol motifs (C(OH)–C–C–N with tert-alkyl or cyclic N) is 1. The van der Waals surface area contributed by atoms with E-state index in [-0.39, 0.29) is 37.5 Å². The molecule has 2 amide bonds. The van der Waals surface area contributed by atoms with Crippen LogP contribution in [0.5, 0.6) is 0 Å². The van der Waals surface area contributed by atoms with E-state index in [0.29, 0.717) is 25.9 Å². The van der Waals surface area contributed by atoms with Gasteiger partial charge in [-0.25, -0.2) is 0 Å². The highest BCUT2D eigenvalue weighted by atomic mass is 16.6. The number of amides is 2. The fourth-order valence-electron chi connectivity index (χ4n) is 6.35. The van der Waals surface area contributed by atoms with Crippen molar-refractivity contribution in [2.75, 3.05) is 32.8 Å². The third kappa shape index (κ3) is 4.67. The summed E-state index contributed by atoms with van der Waals surface area (Å²) < 4.78 is 12.3.